The zero-order valence-corrected chi connectivity index (χ0v) is 12.7. The largest absolute Gasteiger partial charge is 0.367 e. The van der Waals surface area contributed by atoms with Crippen molar-refractivity contribution in [2.45, 2.75) is 59.4 Å². The molecule has 2 aromatic heterocycles. The fourth-order valence-electron chi connectivity index (χ4n) is 2.21. The van der Waals surface area contributed by atoms with E-state index in [1.165, 1.54) is 5.69 Å². The van der Waals surface area contributed by atoms with Crippen LogP contribution in [-0.2, 0) is 0 Å². The summed E-state index contributed by atoms with van der Waals surface area (Å²) in [6.07, 6.45) is 4.02. The zero-order valence-electron chi connectivity index (χ0n) is 12.7. The molecule has 19 heavy (non-hydrogen) atoms. The Morgan fingerprint density at radius 2 is 1.74 bits per heavy atom. The molecular weight excluding hydrogens is 236 g/mol. The average Bonchev–Trinajstić information content (AvgIpc) is 2.70. The van der Waals surface area contributed by atoms with Crippen molar-refractivity contribution in [2.24, 2.45) is 0 Å². The van der Waals surface area contributed by atoms with Gasteiger partial charge >= 0.3 is 0 Å². The van der Waals surface area contributed by atoms with Gasteiger partial charge in [0.1, 0.15) is 5.82 Å². The van der Waals surface area contributed by atoms with Gasteiger partial charge in [0.2, 0.25) is 0 Å². The highest BCUT2D eigenvalue weighted by molar-refractivity contribution is 5.52. The first-order chi connectivity index (χ1) is 8.90. The number of aromatic nitrogens is 3. The Morgan fingerprint density at radius 1 is 1.05 bits per heavy atom. The Labute approximate surface area is 115 Å². The number of rotatable bonds is 4. The lowest BCUT2D eigenvalue weighted by Crippen LogP contribution is -2.14. The fraction of sp³-hybridized carbons (Fsp3) is 0.600. The van der Waals surface area contributed by atoms with Crippen molar-refractivity contribution >= 4 is 11.5 Å². The van der Waals surface area contributed by atoms with Crippen LogP contribution >= 0.6 is 0 Å². The van der Waals surface area contributed by atoms with E-state index in [9.17, 15) is 0 Å². The van der Waals surface area contributed by atoms with E-state index in [-0.39, 0.29) is 0 Å². The molecule has 0 radical (unpaired) electrons. The van der Waals surface area contributed by atoms with E-state index in [1.54, 1.807) is 0 Å². The zero-order chi connectivity index (χ0) is 14.2. The van der Waals surface area contributed by atoms with Crippen molar-refractivity contribution in [1.29, 1.82) is 0 Å². The second kappa shape index (κ2) is 5.19. The van der Waals surface area contributed by atoms with Gasteiger partial charge in [0.15, 0.2) is 5.65 Å². The van der Waals surface area contributed by atoms with Gasteiger partial charge in [-0.25, -0.2) is 9.97 Å². The fourth-order valence-corrected chi connectivity index (χ4v) is 2.21. The highest BCUT2D eigenvalue weighted by Crippen LogP contribution is 2.24. The minimum Gasteiger partial charge on any atom is -0.367 e. The first-order valence-corrected chi connectivity index (χ1v) is 7.04. The summed E-state index contributed by atoms with van der Waals surface area (Å²) in [5.74, 6) is 1.73. The molecule has 104 valence electrons. The van der Waals surface area contributed by atoms with Crippen LogP contribution in [0.3, 0.4) is 0 Å². The summed E-state index contributed by atoms with van der Waals surface area (Å²) in [4.78, 5) is 9.27. The second-order valence-corrected chi connectivity index (χ2v) is 6.00. The number of nitrogens with zero attached hydrogens (tertiary/aromatic N) is 3. The topological polar surface area (TPSA) is 42.2 Å². The van der Waals surface area contributed by atoms with Crippen molar-refractivity contribution in [3.8, 4) is 0 Å². The SMILES string of the molecule is CC(C)Nc1cn2c(C(C)C)cnc2c(C(C)C)n1. The lowest BCUT2D eigenvalue weighted by atomic mass is 10.1. The minimum absolute atomic E-state index is 0.360. The molecule has 4 nitrogen and oxygen atoms in total. The molecule has 2 aromatic rings. The second-order valence-electron chi connectivity index (χ2n) is 6.00. The summed E-state index contributed by atoms with van der Waals surface area (Å²) in [5, 5.41) is 3.39. The van der Waals surface area contributed by atoms with Gasteiger partial charge in [0, 0.05) is 17.9 Å². The van der Waals surface area contributed by atoms with Gasteiger partial charge in [-0.15, -0.1) is 0 Å². The molecule has 2 heterocycles. The molecule has 0 fully saturated rings. The molecule has 0 spiro atoms. The number of imidazole rings is 1. The smallest absolute Gasteiger partial charge is 0.159 e. The Morgan fingerprint density at radius 3 is 2.26 bits per heavy atom. The van der Waals surface area contributed by atoms with E-state index in [0.29, 0.717) is 17.9 Å². The summed E-state index contributed by atoms with van der Waals surface area (Å²) >= 11 is 0. The van der Waals surface area contributed by atoms with Crippen molar-refractivity contribution in [2.75, 3.05) is 5.32 Å². The summed E-state index contributed by atoms with van der Waals surface area (Å²) in [6.45, 7) is 12.9. The highest BCUT2D eigenvalue weighted by Gasteiger charge is 2.15. The molecule has 2 rings (SSSR count). The molecule has 4 heteroatoms. The van der Waals surface area contributed by atoms with Gasteiger partial charge in [0.25, 0.3) is 0 Å². The van der Waals surface area contributed by atoms with E-state index in [2.05, 4.69) is 62.4 Å². The molecule has 0 amide bonds. The molecule has 0 aliphatic rings. The molecule has 0 atom stereocenters. The lowest BCUT2D eigenvalue weighted by Gasteiger charge is -2.15. The van der Waals surface area contributed by atoms with E-state index in [1.807, 2.05) is 6.20 Å². The van der Waals surface area contributed by atoms with Crippen LogP contribution in [0.15, 0.2) is 12.4 Å². The maximum absolute atomic E-state index is 4.72. The third-order valence-electron chi connectivity index (χ3n) is 3.12. The predicted octanol–water partition coefficient (Wildman–Crippen LogP) is 3.80. The molecule has 1 N–H and O–H groups in total. The number of anilines is 1. The van der Waals surface area contributed by atoms with Gasteiger partial charge < -0.3 is 5.32 Å². The number of hydrogen-bond donors (Lipinski definition) is 1. The van der Waals surface area contributed by atoms with Gasteiger partial charge in [-0.05, 0) is 25.7 Å². The quantitative estimate of drug-likeness (QED) is 0.909. The van der Waals surface area contributed by atoms with Crippen LogP contribution in [-0.4, -0.2) is 20.4 Å². The molecule has 0 aliphatic carbocycles. The number of fused-ring (bicyclic) bond motifs is 1. The van der Waals surface area contributed by atoms with Crippen LogP contribution in [0.4, 0.5) is 5.82 Å². The van der Waals surface area contributed by atoms with Crippen molar-refractivity contribution < 1.29 is 0 Å². The van der Waals surface area contributed by atoms with E-state index < -0.39 is 0 Å². The summed E-state index contributed by atoms with van der Waals surface area (Å²) in [5.41, 5.74) is 3.26. The molecule has 0 saturated heterocycles. The molecular formula is C15H24N4. The van der Waals surface area contributed by atoms with Gasteiger partial charge in [-0.1, -0.05) is 27.7 Å². The number of nitrogens with one attached hydrogen (secondary N) is 1. The summed E-state index contributed by atoms with van der Waals surface area (Å²) < 4.78 is 2.18. The summed E-state index contributed by atoms with van der Waals surface area (Å²) in [6, 6.07) is 0.371. The predicted molar refractivity (Wildman–Crippen MR) is 79.9 cm³/mol. The normalized spacial score (nSPS) is 12.1. The van der Waals surface area contributed by atoms with Crippen LogP contribution in [0.25, 0.3) is 5.65 Å². The Bertz CT molecular complexity index is 567. The summed E-state index contributed by atoms with van der Waals surface area (Å²) in [7, 11) is 0. The van der Waals surface area contributed by atoms with E-state index >= 15 is 0 Å². The van der Waals surface area contributed by atoms with E-state index in [0.717, 1.165) is 17.2 Å². The first kappa shape index (κ1) is 13.8. The van der Waals surface area contributed by atoms with Crippen molar-refractivity contribution in [3.05, 3.63) is 23.8 Å². The van der Waals surface area contributed by atoms with Crippen LogP contribution in [0, 0.1) is 0 Å². The maximum atomic E-state index is 4.72. The van der Waals surface area contributed by atoms with Gasteiger partial charge in [-0.3, -0.25) is 4.40 Å². The van der Waals surface area contributed by atoms with Crippen molar-refractivity contribution in [3.63, 3.8) is 0 Å². The van der Waals surface area contributed by atoms with Crippen LogP contribution < -0.4 is 5.32 Å². The molecule has 0 aliphatic heterocycles. The van der Waals surface area contributed by atoms with Crippen LogP contribution in [0.1, 0.15) is 64.8 Å². The van der Waals surface area contributed by atoms with Crippen molar-refractivity contribution in [1.82, 2.24) is 14.4 Å². The minimum atomic E-state index is 0.360. The monoisotopic (exact) mass is 260 g/mol. The Hall–Kier alpha value is -1.58. The first-order valence-electron chi connectivity index (χ1n) is 7.04. The van der Waals surface area contributed by atoms with E-state index in [4.69, 9.17) is 4.98 Å². The molecule has 0 bridgehead atoms. The van der Waals surface area contributed by atoms with Gasteiger partial charge in [0.05, 0.1) is 11.9 Å². The molecule has 0 aromatic carbocycles. The third-order valence-corrected chi connectivity index (χ3v) is 3.12. The maximum Gasteiger partial charge on any atom is 0.159 e. The molecule has 0 saturated carbocycles. The average molecular weight is 260 g/mol. The Kier molecular flexibility index (Phi) is 3.78. The van der Waals surface area contributed by atoms with Crippen LogP contribution in [0.5, 0.6) is 0 Å². The lowest BCUT2D eigenvalue weighted by molar-refractivity contribution is 0.781. The highest BCUT2D eigenvalue weighted by atomic mass is 15.1. The standard InChI is InChI=1S/C15H24N4/c1-9(2)12-7-16-15-14(10(3)4)18-13(8-19(12)15)17-11(5)6/h7-11,17H,1-6H3. The molecule has 0 unspecified atom stereocenters. The number of hydrogen-bond acceptors (Lipinski definition) is 3. The third kappa shape index (κ3) is 2.72. The Balaban J connectivity index is 2.64. The van der Waals surface area contributed by atoms with Gasteiger partial charge in [-0.2, -0.15) is 0 Å². The van der Waals surface area contributed by atoms with Crippen LogP contribution in [0.2, 0.25) is 0 Å².